The Hall–Kier alpha value is -0.890. The summed E-state index contributed by atoms with van der Waals surface area (Å²) in [7, 11) is 0. The highest BCUT2D eigenvalue weighted by Crippen LogP contribution is 2.28. The van der Waals surface area contributed by atoms with E-state index >= 15 is 0 Å². The number of hydrogen-bond acceptors (Lipinski definition) is 1. The van der Waals surface area contributed by atoms with Gasteiger partial charge in [-0.25, -0.2) is 4.39 Å². The lowest BCUT2D eigenvalue weighted by molar-refractivity contribution is 0.288. The standard InChI is InChI=1S/C16H24FN/c1-2-9-16(10-4-3-5-11-18-16)13-14-7-6-8-15(17)12-14/h6-8,12,18H,2-5,9-11,13H2,1H3. The van der Waals surface area contributed by atoms with E-state index in [-0.39, 0.29) is 11.4 Å². The summed E-state index contributed by atoms with van der Waals surface area (Å²) in [6.45, 7) is 3.34. The third-order valence-electron chi connectivity index (χ3n) is 3.99. The van der Waals surface area contributed by atoms with Crippen molar-refractivity contribution in [2.24, 2.45) is 0 Å². The molecule has 1 saturated heterocycles. The van der Waals surface area contributed by atoms with Gasteiger partial charge in [0.05, 0.1) is 0 Å². The number of nitrogens with one attached hydrogen (secondary N) is 1. The van der Waals surface area contributed by atoms with Crippen LogP contribution in [0, 0.1) is 5.82 Å². The van der Waals surface area contributed by atoms with Crippen molar-refractivity contribution < 1.29 is 4.39 Å². The van der Waals surface area contributed by atoms with Gasteiger partial charge in [0.25, 0.3) is 0 Å². The molecule has 0 bridgehead atoms. The highest BCUT2D eigenvalue weighted by Gasteiger charge is 2.29. The zero-order valence-electron chi connectivity index (χ0n) is 11.3. The molecule has 0 aliphatic carbocycles. The Kier molecular flexibility index (Phi) is 4.76. The maximum atomic E-state index is 13.3. The Bertz CT molecular complexity index is 367. The van der Waals surface area contributed by atoms with Crippen LogP contribution >= 0.6 is 0 Å². The van der Waals surface area contributed by atoms with Crippen molar-refractivity contribution in [3.05, 3.63) is 35.6 Å². The van der Waals surface area contributed by atoms with Crippen LogP contribution in [0.15, 0.2) is 24.3 Å². The first-order valence-electron chi connectivity index (χ1n) is 7.24. The van der Waals surface area contributed by atoms with Crippen LogP contribution in [0.4, 0.5) is 4.39 Å². The Morgan fingerprint density at radius 3 is 2.94 bits per heavy atom. The van der Waals surface area contributed by atoms with Crippen molar-refractivity contribution in [2.45, 2.75) is 57.4 Å². The van der Waals surface area contributed by atoms with Gasteiger partial charge in [-0.05, 0) is 49.9 Å². The topological polar surface area (TPSA) is 12.0 Å². The van der Waals surface area contributed by atoms with E-state index < -0.39 is 0 Å². The zero-order chi connectivity index (χ0) is 12.8. The van der Waals surface area contributed by atoms with Gasteiger partial charge in [-0.3, -0.25) is 0 Å². The average molecular weight is 249 g/mol. The Balaban J connectivity index is 2.13. The predicted octanol–water partition coefficient (Wildman–Crippen LogP) is 4.07. The summed E-state index contributed by atoms with van der Waals surface area (Å²) >= 11 is 0. The molecule has 1 atom stereocenters. The summed E-state index contributed by atoms with van der Waals surface area (Å²) in [5, 5.41) is 3.74. The van der Waals surface area contributed by atoms with Gasteiger partial charge in [-0.15, -0.1) is 0 Å². The maximum absolute atomic E-state index is 13.3. The van der Waals surface area contributed by atoms with Crippen molar-refractivity contribution in [1.29, 1.82) is 0 Å². The van der Waals surface area contributed by atoms with Crippen LogP contribution in [0.2, 0.25) is 0 Å². The second kappa shape index (κ2) is 6.33. The Labute approximate surface area is 110 Å². The SMILES string of the molecule is CCCC1(Cc2cccc(F)c2)CCCCCN1. The molecule has 2 rings (SSSR count). The van der Waals surface area contributed by atoms with Crippen LogP contribution in [0.5, 0.6) is 0 Å². The first-order chi connectivity index (χ1) is 8.74. The molecule has 0 radical (unpaired) electrons. The molecular formula is C16H24FN. The lowest BCUT2D eigenvalue weighted by atomic mass is 9.83. The van der Waals surface area contributed by atoms with Gasteiger partial charge in [0, 0.05) is 5.54 Å². The van der Waals surface area contributed by atoms with E-state index in [1.807, 2.05) is 12.1 Å². The Morgan fingerprint density at radius 2 is 2.17 bits per heavy atom. The molecule has 1 N–H and O–H groups in total. The summed E-state index contributed by atoms with van der Waals surface area (Å²) in [6, 6.07) is 7.08. The van der Waals surface area contributed by atoms with Gasteiger partial charge in [-0.1, -0.05) is 38.3 Å². The van der Waals surface area contributed by atoms with Crippen molar-refractivity contribution in [1.82, 2.24) is 5.32 Å². The molecule has 1 unspecified atom stereocenters. The van der Waals surface area contributed by atoms with E-state index in [2.05, 4.69) is 12.2 Å². The predicted molar refractivity (Wildman–Crippen MR) is 74.2 cm³/mol. The fourth-order valence-electron chi connectivity index (χ4n) is 3.18. The van der Waals surface area contributed by atoms with Crippen LogP contribution in [0.1, 0.15) is 51.0 Å². The summed E-state index contributed by atoms with van der Waals surface area (Å²) in [5.74, 6) is -0.118. The zero-order valence-corrected chi connectivity index (χ0v) is 11.3. The number of benzene rings is 1. The van der Waals surface area contributed by atoms with E-state index in [4.69, 9.17) is 0 Å². The summed E-state index contributed by atoms with van der Waals surface area (Å²) in [4.78, 5) is 0. The van der Waals surface area contributed by atoms with Crippen LogP contribution in [0.25, 0.3) is 0 Å². The third kappa shape index (κ3) is 3.55. The van der Waals surface area contributed by atoms with E-state index in [1.54, 1.807) is 6.07 Å². The van der Waals surface area contributed by atoms with Crippen LogP contribution in [0.3, 0.4) is 0 Å². The molecule has 1 aromatic carbocycles. The average Bonchev–Trinajstić information content (AvgIpc) is 2.55. The lowest BCUT2D eigenvalue weighted by Gasteiger charge is -2.34. The van der Waals surface area contributed by atoms with E-state index in [9.17, 15) is 4.39 Å². The minimum atomic E-state index is -0.118. The minimum Gasteiger partial charge on any atom is -0.311 e. The quantitative estimate of drug-likeness (QED) is 0.848. The van der Waals surface area contributed by atoms with Crippen molar-refractivity contribution in [2.75, 3.05) is 6.54 Å². The number of rotatable bonds is 4. The summed E-state index contributed by atoms with van der Waals surface area (Å²) in [6.07, 6.45) is 8.43. The fraction of sp³-hybridized carbons (Fsp3) is 0.625. The van der Waals surface area contributed by atoms with Gasteiger partial charge in [0.1, 0.15) is 5.82 Å². The van der Waals surface area contributed by atoms with Gasteiger partial charge in [0.15, 0.2) is 0 Å². The second-order valence-corrected chi connectivity index (χ2v) is 5.57. The fourth-order valence-corrected chi connectivity index (χ4v) is 3.18. The smallest absolute Gasteiger partial charge is 0.123 e. The normalized spacial score (nSPS) is 24.8. The van der Waals surface area contributed by atoms with Crippen LogP contribution in [-0.2, 0) is 6.42 Å². The molecule has 18 heavy (non-hydrogen) atoms. The van der Waals surface area contributed by atoms with Crippen LogP contribution in [-0.4, -0.2) is 12.1 Å². The first-order valence-corrected chi connectivity index (χ1v) is 7.24. The molecule has 0 amide bonds. The molecule has 1 nitrogen and oxygen atoms in total. The van der Waals surface area contributed by atoms with Gasteiger partial charge in [0.2, 0.25) is 0 Å². The van der Waals surface area contributed by atoms with E-state index in [0.717, 1.165) is 18.5 Å². The van der Waals surface area contributed by atoms with Crippen molar-refractivity contribution in [3.8, 4) is 0 Å². The Morgan fingerprint density at radius 1 is 1.28 bits per heavy atom. The second-order valence-electron chi connectivity index (χ2n) is 5.57. The minimum absolute atomic E-state index is 0.118. The van der Waals surface area contributed by atoms with E-state index in [0.29, 0.717) is 0 Å². The third-order valence-corrected chi connectivity index (χ3v) is 3.99. The highest BCUT2D eigenvalue weighted by molar-refractivity contribution is 5.19. The summed E-state index contributed by atoms with van der Waals surface area (Å²) in [5.41, 5.74) is 1.32. The molecule has 100 valence electrons. The largest absolute Gasteiger partial charge is 0.311 e. The molecular weight excluding hydrogens is 225 g/mol. The highest BCUT2D eigenvalue weighted by atomic mass is 19.1. The molecule has 1 aromatic rings. The molecule has 0 saturated carbocycles. The first kappa shape index (κ1) is 13.5. The molecule has 1 aliphatic heterocycles. The monoisotopic (exact) mass is 249 g/mol. The maximum Gasteiger partial charge on any atom is 0.123 e. The van der Waals surface area contributed by atoms with Crippen molar-refractivity contribution in [3.63, 3.8) is 0 Å². The van der Waals surface area contributed by atoms with E-state index in [1.165, 1.54) is 44.6 Å². The summed E-state index contributed by atoms with van der Waals surface area (Å²) < 4.78 is 13.3. The molecule has 0 spiro atoms. The lowest BCUT2D eigenvalue weighted by Crippen LogP contribution is -2.46. The molecule has 2 heteroatoms. The molecule has 0 aromatic heterocycles. The van der Waals surface area contributed by atoms with Gasteiger partial charge < -0.3 is 5.32 Å². The van der Waals surface area contributed by atoms with Crippen LogP contribution < -0.4 is 5.32 Å². The van der Waals surface area contributed by atoms with Crippen molar-refractivity contribution >= 4 is 0 Å². The number of hydrogen-bond donors (Lipinski definition) is 1. The number of halogens is 1. The van der Waals surface area contributed by atoms with Gasteiger partial charge >= 0.3 is 0 Å². The van der Waals surface area contributed by atoms with Gasteiger partial charge in [-0.2, -0.15) is 0 Å². The molecule has 1 heterocycles. The molecule has 1 fully saturated rings. The molecule has 1 aliphatic rings.